The summed E-state index contributed by atoms with van der Waals surface area (Å²) in [5, 5.41) is 14.4. The van der Waals surface area contributed by atoms with Gasteiger partial charge in [0.05, 0.1) is 5.69 Å². The summed E-state index contributed by atoms with van der Waals surface area (Å²) in [5.74, 6) is -0.638. The lowest BCUT2D eigenvalue weighted by atomic mass is 9.55. The van der Waals surface area contributed by atoms with E-state index in [9.17, 15) is 10.1 Å². The zero-order valence-electron chi connectivity index (χ0n) is 19.1. The first kappa shape index (κ1) is 21.6. The van der Waals surface area contributed by atoms with Gasteiger partial charge in [-0.15, -0.1) is 0 Å². The van der Waals surface area contributed by atoms with Crippen LogP contribution in [-0.2, 0) is 23.7 Å². The summed E-state index contributed by atoms with van der Waals surface area (Å²) in [5.41, 5.74) is 6.00. The Bertz CT molecular complexity index is 1180. The fourth-order valence-corrected chi connectivity index (χ4v) is 5.80. The van der Waals surface area contributed by atoms with Gasteiger partial charge in [0.1, 0.15) is 48.9 Å². The van der Waals surface area contributed by atoms with Gasteiger partial charge in [-0.05, 0) is 57.1 Å². The second-order valence-corrected chi connectivity index (χ2v) is 10.3. The van der Waals surface area contributed by atoms with Gasteiger partial charge in [-0.2, -0.15) is 10.4 Å². The Hall–Kier alpha value is -2.94. The quantitative estimate of drug-likeness (QED) is 0.664. The minimum absolute atomic E-state index is 0.127. The lowest BCUT2D eigenvalue weighted by Gasteiger charge is -2.53. The van der Waals surface area contributed by atoms with Crippen LogP contribution in [0.25, 0.3) is 5.52 Å². The molecule has 180 valence electrons. The van der Waals surface area contributed by atoms with Gasteiger partial charge in [0, 0.05) is 0 Å². The van der Waals surface area contributed by atoms with E-state index in [2.05, 4.69) is 16.2 Å². The van der Waals surface area contributed by atoms with Crippen molar-refractivity contribution in [2.24, 2.45) is 5.41 Å². The van der Waals surface area contributed by atoms with Gasteiger partial charge >= 0.3 is 6.16 Å². The Balaban J connectivity index is 1.22. The molecule has 2 N–H and O–H groups in total. The number of anilines is 1. The number of nitrogen functional groups attached to an aromatic ring is 1. The number of rotatable bonds is 4. The van der Waals surface area contributed by atoms with Crippen LogP contribution in [0.4, 0.5) is 10.6 Å². The predicted octanol–water partition coefficient (Wildman–Crippen LogP) is 2.65. The van der Waals surface area contributed by atoms with Gasteiger partial charge in [-0.1, -0.05) is 6.42 Å². The third-order valence-corrected chi connectivity index (χ3v) is 7.62. The summed E-state index contributed by atoms with van der Waals surface area (Å²) < 4.78 is 30.9. The van der Waals surface area contributed by atoms with E-state index in [1.54, 1.807) is 30.5 Å². The molecule has 2 aromatic heterocycles. The van der Waals surface area contributed by atoms with Gasteiger partial charge in [-0.25, -0.2) is 14.3 Å². The van der Waals surface area contributed by atoms with Crippen LogP contribution in [0.1, 0.15) is 57.7 Å². The third kappa shape index (κ3) is 3.24. The van der Waals surface area contributed by atoms with E-state index in [0.29, 0.717) is 22.4 Å². The molecule has 4 atom stereocenters. The maximum Gasteiger partial charge on any atom is 0.508 e. The van der Waals surface area contributed by atoms with Crippen LogP contribution in [0.5, 0.6) is 0 Å². The van der Waals surface area contributed by atoms with Crippen molar-refractivity contribution in [2.75, 3.05) is 12.3 Å². The van der Waals surface area contributed by atoms with Crippen LogP contribution < -0.4 is 5.73 Å². The van der Waals surface area contributed by atoms with Crippen LogP contribution >= 0.6 is 0 Å². The fourth-order valence-electron chi connectivity index (χ4n) is 5.80. The molecule has 2 unspecified atom stereocenters. The van der Waals surface area contributed by atoms with E-state index in [1.165, 1.54) is 25.6 Å². The monoisotopic (exact) mass is 469 g/mol. The van der Waals surface area contributed by atoms with Crippen LogP contribution in [0.3, 0.4) is 0 Å². The maximum atomic E-state index is 12.4. The van der Waals surface area contributed by atoms with Crippen LogP contribution in [0, 0.1) is 16.7 Å². The first-order valence-electron chi connectivity index (χ1n) is 11.6. The normalized spacial score (nSPS) is 33.1. The van der Waals surface area contributed by atoms with Gasteiger partial charge in [0.25, 0.3) is 0 Å². The number of fused-ring (bicyclic) bond motifs is 2. The van der Waals surface area contributed by atoms with Crippen molar-refractivity contribution in [2.45, 2.75) is 81.8 Å². The summed E-state index contributed by atoms with van der Waals surface area (Å²) in [4.78, 5) is 16.4. The summed E-state index contributed by atoms with van der Waals surface area (Å²) in [6, 6.07) is 5.75. The molecule has 11 nitrogen and oxygen atoms in total. The topological polar surface area (TPSA) is 143 Å². The first-order valence-corrected chi connectivity index (χ1v) is 11.6. The number of nitrogens with two attached hydrogens (primary N) is 1. The fraction of sp³-hybridized carbons (Fsp3) is 0.652. The molecular formula is C23H27N5O6. The summed E-state index contributed by atoms with van der Waals surface area (Å²) in [7, 11) is 0. The maximum absolute atomic E-state index is 12.4. The van der Waals surface area contributed by atoms with Crippen molar-refractivity contribution in [1.82, 2.24) is 14.6 Å². The highest BCUT2D eigenvalue weighted by molar-refractivity contribution is 5.65. The second kappa shape index (κ2) is 7.28. The highest BCUT2D eigenvalue weighted by atomic mass is 16.8. The van der Waals surface area contributed by atoms with E-state index < -0.39 is 35.9 Å². The van der Waals surface area contributed by atoms with Gasteiger partial charge in [0.2, 0.25) is 5.60 Å². The molecule has 6 rings (SSSR count). The predicted molar refractivity (Wildman–Crippen MR) is 115 cm³/mol. The van der Waals surface area contributed by atoms with Crippen molar-refractivity contribution in [3.63, 3.8) is 0 Å². The molecule has 1 spiro atoms. The number of carbonyl (C=O) groups is 1. The van der Waals surface area contributed by atoms with E-state index in [0.717, 1.165) is 12.8 Å². The van der Waals surface area contributed by atoms with Crippen molar-refractivity contribution < 1.29 is 28.5 Å². The summed E-state index contributed by atoms with van der Waals surface area (Å²) >= 11 is 0. The standard InChI is InChI=1S/C23H27N5O6/c1-21(2)32-17-16(14-4-5-15-19(25)26-12-27-28(14)15)33-23(10-24,18(17)34-21)11-30-20(29)31-13-8-22(9-13)6-3-7-22/h4-5,12-13,16-18H,3,6-9,11H2,1-2H3,(H2,25,26,27)/t16-,17?,18?,23+/m0/s1. The van der Waals surface area contributed by atoms with Crippen LogP contribution in [0.15, 0.2) is 18.5 Å². The largest absolute Gasteiger partial charge is 0.508 e. The van der Waals surface area contributed by atoms with E-state index in [1.807, 2.05) is 0 Å². The number of ether oxygens (including phenoxy) is 5. The van der Waals surface area contributed by atoms with Gasteiger partial charge < -0.3 is 29.4 Å². The summed E-state index contributed by atoms with van der Waals surface area (Å²) in [6.07, 6.45) is 3.70. The van der Waals surface area contributed by atoms with E-state index in [-0.39, 0.29) is 12.7 Å². The second-order valence-electron chi connectivity index (χ2n) is 10.3. The van der Waals surface area contributed by atoms with Crippen molar-refractivity contribution >= 4 is 17.5 Å². The zero-order chi connectivity index (χ0) is 23.7. The lowest BCUT2D eigenvalue weighted by Crippen LogP contribution is -2.49. The Labute approximate surface area is 196 Å². The first-order chi connectivity index (χ1) is 16.2. The average Bonchev–Trinajstić information content (AvgIpc) is 3.38. The van der Waals surface area contributed by atoms with E-state index in [4.69, 9.17) is 29.4 Å². The van der Waals surface area contributed by atoms with Crippen LogP contribution in [0.2, 0.25) is 0 Å². The molecule has 0 aromatic carbocycles. The minimum Gasteiger partial charge on any atom is -0.431 e. The molecule has 4 heterocycles. The number of aromatic nitrogens is 3. The smallest absolute Gasteiger partial charge is 0.431 e. The molecule has 2 aliphatic heterocycles. The molecule has 2 aromatic rings. The highest BCUT2D eigenvalue weighted by Gasteiger charge is 2.65. The Morgan fingerprint density at radius 2 is 2.09 bits per heavy atom. The molecule has 2 saturated carbocycles. The Morgan fingerprint density at radius 1 is 1.29 bits per heavy atom. The van der Waals surface area contributed by atoms with Crippen LogP contribution in [-0.4, -0.2) is 57.1 Å². The third-order valence-electron chi connectivity index (χ3n) is 7.62. The average molecular weight is 469 g/mol. The molecule has 0 bridgehead atoms. The van der Waals surface area contributed by atoms with Crippen molar-refractivity contribution in [3.05, 3.63) is 24.2 Å². The summed E-state index contributed by atoms with van der Waals surface area (Å²) in [6.45, 7) is 3.18. The zero-order valence-corrected chi connectivity index (χ0v) is 19.1. The molecule has 4 fully saturated rings. The molecule has 4 aliphatic rings. The molecule has 11 heteroatoms. The molecule has 0 amide bonds. The van der Waals surface area contributed by atoms with Crippen molar-refractivity contribution in [1.29, 1.82) is 5.26 Å². The lowest BCUT2D eigenvalue weighted by molar-refractivity contribution is -0.206. The molecular weight excluding hydrogens is 442 g/mol. The number of nitriles is 1. The Morgan fingerprint density at radius 3 is 2.79 bits per heavy atom. The minimum atomic E-state index is -1.58. The molecule has 0 radical (unpaired) electrons. The van der Waals surface area contributed by atoms with Gasteiger partial charge in [0.15, 0.2) is 11.6 Å². The number of hydrogen-bond acceptors (Lipinski definition) is 10. The molecule has 34 heavy (non-hydrogen) atoms. The molecule has 2 saturated heterocycles. The number of carbonyl (C=O) groups excluding carboxylic acids is 1. The number of hydrogen-bond donors (Lipinski definition) is 1. The Kier molecular flexibility index (Phi) is 4.62. The number of nitrogens with zero attached hydrogens (tertiary/aromatic N) is 4. The highest BCUT2D eigenvalue weighted by Crippen LogP contribution is 2.57. The van der Waals surface area contributed by atoms with E-state index >= 15 is 0 Å². The van der Waals surface area contributed by atoms with Gasteiger partial charge in [-0.3, -0.25) is 0 Å². The van der Waals surface area contributed by atoms with Crippen molar-refractivity contribution in [3.8, 4) is 6.07 Å². The SMILES string of the molecule is CC1(C)OC2C(O1)[C@@](C#N)(COC(=O)OC1CC3(CCC3)C1)O[C@H]2c1ccc2c(N)ncnn12. The molecule has 2 aliphatic carbocycles.